The molecule has 188 valence electrons. The Hall–Kier alpha value is -4.07. The summed E-state index contributed by atoms with van der Waals surface area (Å²) in [6.07, 6.45) is 1.04. The van der Waals surface area contributed by atoms with E-state index in [1.807, 2.05) is 24.3 Å². The van der Waals surface area contributed by atoms with Gasteiger partial charge in [-0.1, -0.05) is 65.7 Å². The number of halogens is 2. The highest BCUT2D eigenvalue weighted by Gasteiger charge is 2.11. The van der Waals surface area contributed by atoms with Crippen molar-refractivity contribution in [3.05, 3.63) is 100 Å². The van der Waals surface area contributed by atoms with Gasteiger partial charge in [-0.05, 0) is 58.3 Å². The summed E-state index contributed by atoms with van der Waals surface area (Å²) < 4.78 is 11.5. The lowest BCUT2D eigenvalue weighted by molar-refractivity contribution is -0.126. The van der Waals surface area contributed by atoms with Crippen molar-refractivity contribution >= 4 is 57.7 Å². The quantitative estimate of drug-likeness (QED) is 0.151. The molecular weight excluding hydrogens is 513 g/mol. The van der Waals surface area contributed by atoms with Crippen molar-refractivity contribution in [2.24, 2.45) is 5.10 Å². The van der Waals surface area contributed by atoms with E-state index in [4.69, 9.17) is 32.7 Å². The number of hydrazone groups is 1. The lowest BCUT2D eigenvalue weighted by Gasteiger charge is -2.12. The third-order valence-electron chi connectivity index (χ3n) is 5.38. The van der Waals surface area contributed by atoms with Crippen LogP contribution in [0.25, 0.3) is 10.8 Å². The van der Waals surface area contributed by atoms with Gasteiger partial charge in [0.2, 0.25) is 11.8 Å². The lowest BCUT2D eigenvalue weighted by Crippen LogP contribution is -2.24. The van der Waals surface area contributed by atoms with Crippen LogP contribution >= 0.6 is 23.2 Å². The zero-order chi connectivity index (χ0) is 26.2. The minimum atomic E-state index is -0.573. The number of nitrogens with zero attached hydrogens (tertiary/aromatic N) is 1. The first-order chi connectivity index (χ1) is 17.9. The smallest absolute Gasteiger partial charge is 0.249 e. The molecule has 2 amide bonds. The molecule has 2 N–H and O–H groups in total. The Morgan fingerprint density at radius 2 is 1.70 bits per heavy atom. The Morgan fingerprint density at radius 1 is 0.892 bits per heavy atom. The van der Waals surface area contributed by atoms with Gasteiger partial charge in [-0.25, -0.2) is 5.43 Å². The largest absolute Gasteiger partial charge is 0.493 e. The first kappa shape index (κ1) is 26.0. The van der Waals surface area contributed by atoms with E-state index in [1.54, 1.807) is 37.4 Å². The summed E-state index contributed by atoms with van der Waals surface area (Å²) in [5.74, 6) is 0.0170. The fourth-order valence-electron chi connectivity index (χ4n) is 3.60. The molecule has 0 radical (unpaired) electrons. The molecule has 4 aromatic rings. The molecule has 9 heteroatoms. The number of carbonyl (C=O) groups is 2. The predicted molar refractivity (Wildman–Crippen MR) is 147 cm³/mol. The molecule has 37 heavy (non-hydrogen) atoms. The topological polar surface area (TPSA) is 89.0 Å². The maximum absolute atomic E-state index is 12.1. The van der Waals surface area contributed by atoms with Crippen molar-refractivity contribution in [1.82, 2.24) is 5.43 Å². The zero-order valence-corrected chi connectivity index (χ0v) is 21.3. The van der Waals surface area contributed by atoms with Crippen LogP contribution in [0, 0.1) is 0 Å². The van der Waals surface area contributed by atoms with Gasteiger partial charge in [-0.2, -0.15) is 5.10 Å². The SMILES string of the molecule is COc1cc(C=NNC(=O)CC(=O)Nc2ccc(Cl)c(Cl)c2)ccc1OCc1cccc2ccccc12. The Morgan fingerprint density at radius 3 is 2.51 bits per heavy atom. The second kappa shape index (κ2) is 12.3. The van der Waals surface area contributed by atoms with Gasteiger partial charge < -0.3 is 14.8 Å². The van der Waals surface area contributed by atoms with Crippen molar-refractivity contribution in [2.75, 3.05) is 12.4 Å². The highest BCUT2D eigenvalue weighted by Crippen LogP contribution is 2.29. The van der Waals surface area contributed by atoms with Gasteiger partial charge in [-0.15, -0.1) is 0 Å². The van der Waals surface area contributed by atoms with Crippen molar-refractivity contribution in [3.63, 3.8) is 0 Å². The number of benzene rings is 4. The second-order valence-electron chi connectivity index (χ2n) is 7.98. The summed E-state index contributed by atoms with van der Waals surface area (Å²) in [6, 6.07) is 24.2. The zero-order valence-electron chi connectivity index (χ0n) is 19.8. The normalized spacial score (nSPS) is 10.9. The third-order valence-corrected chi connectivity index (χ3v) is 6.12. The van der Waals surface area contributed by atoms with Crippen molar-refractivity contribution < 1.29 is 19.1 Å². The van der Waals surface area contributed by atoms with Crippen LogP contribution in [0.3, 0.4) is 0 Å². The molecule has 0 unspecified atom stereocenters. The van der Waals surface area contributed by atoms with Crippen LogP contribution < -0.4 is 20.2 Å². The van der Waals surface area contributed by atoms with Crippen LogP contribution in [0.4, 0.5) is 5.69 Å². The molecular formula is C28H23Cl2N3O4. The second-order valence-corrected chi connectivity index (χ2v) is 8.80. The molecule has 0 saturated carbocycles. The Labute approximate surface area is 224 Å². The maximum Gasteiger partial charge on any atom is 0.249 e. The molecule has 0 saturated heterocycles. The van der Waals surface area contributed by atoms with Gasteiger partial charge in [0.15, 0.2) is 11.5 Å². The number of hydrogen-bond donors (Lipinski definition) is 2. The fraction of sp³-hybridized carbons (Fsp3) is 0.107. The standard InChI is InChI=1S/C28H23Cl2N3O4/c1-36-26-13-18(9-12-25(26)37-17-20-7-4-6-19-5-2-3-8-22(19)20)16-31-33-28(35)15-27(34)32-21-10-11-23(29)24(30)14-21/h2-14,16H,15,17H2,1H3,(H,32,34)(H,33,35). The lowest BCUT2D eigenvalue weighted by atomic mass is 10.1. The molecule has 4 rings (SSSR count). The predicted octanol–water partition coefficient (Wildman–Crippen LogP) is 6.21. The van der Waals surface area contributed by atoms with Crippen LogP contribution in [-0.4, -0.2) is 25.1 Å². The van der Waals surface area contributed by atoms with Crippen LogP contribution in [0.2, 0.25) is 10.0 Å². The van der Waals surface area contributed by atoms with Crippen molar-refractivity contribution in [3.8, 4) is 11.5 Å². The van der Waals surface area contributed by atoms with Gasteiger partial charge in [0.1, 0.15) is 13.0 Å². The van der Waals surface area contributed by atoms with E-state index in [1.165, 1.54) is 12.3 Å². The molecule has 0 aliphatic carbocycles. The van der Waals surface area contributed by atoms with E-state index in [0.29, 0.717) is 39.4 Å². The summed E-state index contributed by atoms with van der Waals surface area (Å²) in [5, 5.41) is 9.45. The van der Waals surface area contributed by atoms with E-state index in [2.05, 4.69) is 34.0 Å². The minimum absolute atomic E-state index is 0.300. The average molecular weight is 536 g/mol. The summed E-state index contributed by atoms with van der Waals surface area (Å²) in [6.45, 7) is 0.380. The van der Waals surface area contributed by atoms with E-state index in [-0.39, 0.29) is 0 Å². The monoisotopic (exact) mass is 535 g/mol. The van der Waals surface area contributed by atoms with Crippen molar-refractivity contribution in [2.45, 2.75) is 13.0 Å². The summed E-state index contributed by atoms with van der Waals surface area (Å²) in [5.41, 5.74) is 4.51. The number of methoxy groups -OCH3 is 1. The van der Waals surface area contributed by atoms with Gasteiger partial charge in [0.25, 0.3) is 0 Å². The Kier molecular flexibility index (Phi) is 8.61. The maximum atomic E-state index is 12.1. The van der Waals surface area contributed by atoms with E-state index in [0.717, 1.165) is 16.3 Å². The third kappa shape index (κ3) is 7.00. The molecule has 0 aromatic heterocycles. The molecule has 0 aliphatic heterocycles. The van der Waals surface area contributed by atoms with Gasteiger partial charge in [0.05, 0.1) is 23.4 Å². The number of hydrogen-bond acceptors (Lipinski definition) is 5. The van der Waals surface area contributed by atoms with E-state index < -0.39 is 18.2 Å². The van der Waals surface area contributed by atoms with Crippen LogP contribution in [0.15, 0.2) is 84.0 Å². The average Bonchev–Trinajstić information content (AvgIpc) is 2.89. The fourth-order valence-corrected chi connectivity index (χ4v) is 3.90. The highest BCUT2D eigenvalue weighted by atomic mass is 35.5. The summed E-state index contributed by atoms with van der Waals surface area (Å²) in [7, 11) is 1.55. The molecule has 0 heterocycles. The number of amides is 2. The molecule has 0 atom stereocenters. The number of fused-ring (bicyclic) bond motifs is 1. The number of anilines is 1. The number of ether oxygens (including phenoxy) is 2. The van der Waals surface area contributed by atoms with Crippen LogP contribution in [0.5, 0.6) is 11.5 Å². The van der Waals surface area contributed by atoms with Crippen LogP contribution in [0.1, 0.15) is 17.5 Å². The first-order valence-corrected chi connectivity index (χ1v) is 12.0. The first-order valence-electron chi connectivity index (χ1n) is 11.3. The van der Waals surface area contributed by atoms with Gasteiger partial charge in [-0.3, -0.25) is 9.59 Å². The Balaban J connectivity index is 1.32. The molecule has 7 nitrogen and oxygen atoms in total. The summed E-state index contributed by atoms with van der Waals surface area (Å²) >= 11 is 11.8. The molecule has 0 aliphatic rings. The van der Waals surface area contributed by atoms with Gasteiger partial charge >= 0.3 is 0 Å². The Bertz CT molecular complexity index is 1470. The van der Waals surface area contributed by atoms with Crippen molar-refractivity contribution in [1.29, 1.82) is 0 Å². The minimum Gasteiger partial charge on any atom is -0.493 e. The molecule has 0 bridgehead atoms. The van der Waals surface area contributed by atoms with Crippen LogP contribution in [-0.2, 0) is 16.2 Å². The summed E-state index contributed by atoms with van der Waals surface area (Å²) in [4.78, 5) is 24.1. The van der Waals surface area contributed by atoms with E-state index in [9.17, 15) is 9.59 Å². The van der Waals surface area contributed by atoms with Gasteiger partial charge in [0, 0.05) is 5.69 Å². The molecule has 4 aromatic carbocycles. The molecule has 0 spiro atoms. The molecule has 0 fully saturated rings. The highest BCUT2D eigenvalue weighted by molar-refractivity contribution is 6.42. The number of nitrogens with one attached hydrogen (secondary N) is 2. The van der Waals surface area contributed by atoms with E-state index >= 15 is 0 Å². The number of rotatable bonds is 9. The number of carbonyl (C=O) groups excluding carboxylic acids is 2.